The molecule has 0 amide bonds. The summed E-state index contributed by atoms with van der Waals surface area (Å²) < 4.78 is 4.60. The Morgan fingerprint density at radius 3 is 2.56 bits per heavy atom. The van der Waals surface area contributed by atoms with E-state index in [4.69, 9.17) is 10.8 Å². The molecular formula is C12H17NO3. The van der Waals surface area contributed by atoms with Crippen LogP contribution in [0.15, 0.2) is 24.3 Å². The minimum Gasteiger partial charge on any atom is -0.465 e. The Labute approximate surface area is 95.0 Å². The van der Waals surface area contributed by atoms with Crippen LogP contribution in [-0.4, -0.2) is 24.8 Å². The normalized spacial score (nSPS) is 12.2. The van der Waals surface area contributed by atoms with Crippen LogP contribution in [-0.2, 0) is 4.74 Å². The molecular weight excluding hydrogens is 206 g/mol. The molecule has 16 heavy (non-hydrogen) atoms. The number of benzene rings is 1. The average Bonchev–Trinajstić information content (AvgIpc) is 2.35. The second-order valence-electron chi connectivity index (χ2n) is 3.59. The van der Waals surface area contributed by atoms with E-state index >= 15 is 0 Å². The lowest BCUT2D eigenvalue weighted by molar-refractivity contribution is 0.0600. The molecule has 0 aromatic heterocycles. The molecule has 0 spiro atoms. The van der Waals surface area contributed by atoms with Crippen molar-refractivity contribution in [1.82, 2.24) is 0 Å². The number of methoxy groups -OCH3 is 1. The number of nitrogens with two attached hydrogens (primary N) is 1. The van der Waals surface area contributed by atoms with Crippen LogP contribution in [0.4, 0.5) is 0 Å². The number of esters is 1. The summed E-state index contributed by atoms with van der Waals surface area (Å²) in [7, 11) is 1.35. The predicted molar refractivity (Wildman–Crippen MR) is 61.0 cm³/mol. The van der Waals surface area contributed by atoms with Crippen molar-refractivity contribution >= 4 is 5.97 Å². The first-order valence-electron chi connectivity index (χ1n) is 5.23. The standard InChI is InChI=1S/C12H17NO3/c1-16-12(15)10-6-4-9(5-7-10)11(13)3-2-8-14/h4-7,11,14H,2-3,8,13H2,1H3/t11-/m1/s1. The lowest BCUT2D eigenvalue weighted by Crippen LogP contribution is -2.11. The predicted octanol–water partition coefficient (Wildman–Crippen LogP) is 1.25. The number of carbonyl (C=O) groups excluding carboxylic acids is 1. The maximum absolute atomic E-state index is 11.2. The van der Waals surface area contributed by atoms with Gasteiger partial charge in [0.2, 0.25) is 0 Å². The number of hydrogen-bond acceptors (Lipinski definition) is 4. The van der Waals surface area contributed by atoms with Crippen LogP contribution in [0.1, 0.15) is 34.8 Å². The van der Waals surface area contributed by atoms with E-state index in [0.29, 0.717) is 12.0 Å². The van der Waals surface area contributed by atoms with Crippen LogP contribution >= 0.6 is 0 Å². The van der Waals surface area contributed by atoms with E-state index in [1.165, 1.54) is 7.11 Å². The molecule has 1 aromatic carbocycles. The van der Waals surface area contributed by atoms with Crippen molar-refractivity contribution in [2.45, 2.75) is 18.9 Å². The third-order valence-corrected chi connectivity index (χ3v) is 2.43. The van der Waals surface area contributed by atoms with Gasteiger partial charge in [0, 0.05) is 12.6 Å². The molecule has 4 heteroatoms. The zero-order valence-electron chi connectivity index (χ0n) is 9.35. The van der Waals surface area contributed by atoms with Crippen molar-refractivity contribution in [3.63, 3.8) is 0 Å². The van der Waals surface area contributed by atoms with E-state index in [9.17, 15) is 4.79 Å². The van der Waals surface area contributed by atoms with E-state index in [0.717, 1.165) is 12.0 Å². The SMILES string of the molecule is COC(=O)c1ccc([C@H](N)CCCO)cc1. The number of aliphatic hydroxyl groups is 1. The Hall–Kier alpha value is -1.39. The van der Waals surface area contributed by atoms with Gasteiger partial charge in [-0.1, -0.05) is 12.1 Å². The molecule has 88 valence electrons. The highest BCUT2D eigenvalue weighted by Crippen LogP contribution is 2.16. The van der Waals surface area contributed by atoms with Gasteiger partial charge in [-0.15, -0.1) is 0 Å². The molecule has 0 unspecified atom stereocenters. The summed E-state index contributed by atoms with van der Waals surface area (Å²) in [6.45, 7) is 0.147. The molecule has 0 saturated carbocycles. The van der Waals surface area contributed by atoms with Crippen molar-refractivity contribution in [3.05, 3.63) is 35.4 Å². The van der Waals surface area contributed by atoms with Crippen LogP contribution in [0.2, 0.25) is 0 Å². The maximum atomic E-state index is 11.2. The summed E-state index contributed by atoms with van der Waals surface area (Å²) in [4.78, 5) is 11.2. The highest BCUT2D eigenvalue weighted by Gasteiger charge is 2.08. The molecule has 4 nitrogen and oxygen atoms in total. The van der Waals surface area contributed by atoms with Gasteiger partial charge in [0.05, 0.1) is 12.7 Å². The van der Waals surface area contributed by atoms with Gasteiger partial charge in [0.1, 0.15) is 0 Å². The van der Waals surface area contributed by atoms with Gasteiger partial charge in [0.25, 0.3) is 0 Å². The van der Waals surface area contributed by atoms with Crippen molar-refractivity contribution < 1.29 is 14.6 Å². The number of hydrogen-bond donors (Lipinski definition) is 2. The summed E-state index contributed by atoms with van der Waals surface area (Å²) in [6.07, 6.45) is 1.41. The smallest absolute Gasteiger partial charge is 0.337 e. The molecule has 0 aliphatic rings. The van der Waals surface area contributed by atoms with Crippen molar-refractivity contribution in [2.24, 2.45) is 5.73 Å². The summed E-state index contributed by atoms with van der Waals surface area (Å²) in [5.74, 6) is -0.351. The zero-order chi connectivity index (χ0) is 12.0. The highest BCUT2D eigenvalue weighted by molar-refractivity contribution is 5.89. The minimum atomic E-state index is -0.351. The topological polar surface area (TPSA) is 72.5 Å². The monoisotopic (exact) mass is 223 g/mol. The first-order chi connectivity index (χ1) is 7.69. The summed E-state index contributed by atoms with van der Waals surface area (Å²) in [5, 5.41) is 8.69. The third-order valence-electron chi connectivity index (χ3n) is 2.43. The molecule has 1 rings (SSSR count). The van der Waals surface area contributed by atoms with Gasteiger partial charge in [0.15, 0.2) is 0 Å². The fourth-order valence-electron chi connectivity index (χ4n) is 1.46. The van der Waals surface area contributed by atoms with Gasteiger partial charge in [-0.2, -0.15) is 0 Å². The number of carbonyl (C=O) groups is 1. The molecule has 0 aliphatic heterocycles. The Kier molecular flexibility index (Phi) is 4.95. The van der Waals surface area contributed by atoms with E-state index in [-0.39, 0.29) is 18.6 Å². The molecule has 3 N–H and O–H groups in total. The fourth-order valence-corrected chi connectivity index (χ4v) is 1.46. The summed E-state index contributed by atoms with van der Waals surface area (Å²) in [6, 6.07) is 6.92. The second kappa shape index (κ2) is 6.25. The van der Waals surface area contributed by atoms with E-state index < -0.39 is 0 Å². The first kappa shape index (κ1) is 12.7. The third kappa shape index (κ3) is 3.32. The van der Waals surface area contributed by atoms with Crippen molar-refractivity contribution in [1.29, 1.82) is 0 Å². The van der Waals surface area contributed by atoms with Crippen LogP contribution in [0.5, 0.6) is 0 Å². The molecule has 0 fully saturated rings. The molecule has 0 heterocycles. The molecule has 1 atom stereocenters. The summed E-state index contributed by atoms with van der Waals surface area (Å²) in [5.41, 5.74) is 7.39. The molecule has 0 bridgehead atoms. The van der Waals surface area contributed by atoms with E-state index in [1.807, 2.05) is 12.1 Å². The molecule has 0 saturated heterocycles. The zero-order valence-corrected chi connectivity index (χ0v) is 9.35. The van der Waals surface area contributed by atoms with Crippen molar-refractivity contribution in [3.8, 4) is 0 Å². The summed E-state index contributed by atoms with van der Waals surface area (Å²) >= 11 is 0. The minimum absolute atomic E-state index is 0.0983. The van der Waals surface area contributed by atoms with Crippen LogP contribution in [0.25, 0.3) is 0 Å². The Balaban J connectivity index is 2.67. The highest BCUT2D eigenvalue weighted by atomic mass is 16.5. The number of ether oxygens (including phenoxy) is 1. The van der Waals surface area contributed by atoms with Gasteiger partial charge in [-0.05, 0) is 30.5 Å². The largest absolute Gasteiger partial charge is 0.465 e. The average molecular weight is 223 g/mol. The van der Waals surface area contributed by atoms with Crippen LogP contribution in [0, 0.1) is 0 Å². The fraction of sp³-hybridized carbons (Fsp3) is 0.417. The lowest BCUT2D eigenvalue weighted by Gasteiger charge is -2.11. The Bertz CT molecular complexity index is 335. The maximum Gasteiger partial charge on any atom is 0.337 e. The van der Waals surface area contributed by atoms with Crippen molar-refractivity contribution in [2.75, 3.05) is 13.7 Å². The van der Waals surface area contributed by atoms with Gasteiger partial charge in [-0.25, -0.2) is 4.79 Å². The number of rotatable bonds is 5. The molecule has 0 radical (unpaired) electrons. The van der Waals surface area contributed by atoms with Gasteiger partial charge >= 0.3 is 5.97 Å². The van der Waals surface area contributed by atoms with E-state index in [2.05, 4.69) is 4.74 Å². The molecule has 0 aliphatic carbocycles. The quantitative estimate of drug-likeness (QED) is 0.737. The first-order valence-corrected chi connectivity index (χ1v) is 5.23. The number of aliphatic hydroxyl groups excluding tert-OH is 1. The van der Waals surface area contributed by atoms with Crippen LogP contribution in [0.3, 0.4) is 0 Å². The Morgan fingerprint density at radius 1 is 1.44 bits per heavy atom. The Morgan fingerprint density at radius 2 is 2.06 bits per heavy atom. The van der Waals surface area contributed by atoms with Gasteiger partial charge in [-0.3, -0.25) is 0 Å². The van der Waals surface area contributed by atoms with Gasteiger partial charge < -0.3 is 15.6 Å². The molecule has 1 aromatic rings. The second-order valence-corrected chi connectivity index (χ2v) is 3.59. The van der Waals surface area contributed by atoms with Crippen LogP contribution < -0.4 is 5.73 Å². The van der Waals surface area contributed by atoms with E-state index in [1.54, 1.807) is 12.1 Å². The lowest BCUT2D eigenvalue weighted by atomic mass is 10.0.